The van der Waals surface area contributed by atoms with Gasteiger partial charge in [0.1, 0.15) is 17.6 Å². The van der Waals surface area contributed by atoms with Gasteiger partial charge >= 0.3 is 0 Å². The van der Waals surface area contributed by atoms with E-state index in [1.165, 1.54) is 0 Å². The van der Waals surface area contributed by atoms with E-state index in [0.717, 1.165) is 36.0 Å². The Morgan fingerprint density at radius 1 is 1.18 bits per heavy atom. The van der Waals surface area contributed by atoms with E-state index in [9.17, 15) is 4.79 Å². The Kier molecular flexibility index (Phi) is 6.73. The maximum atomic E-state index is 12.9. The molecule has 1 aromatic carbocycles. The van der Waals surface area contributed by atoms with E-state index in [2.05, 4.69) is 25.3 Å². The van der Waals surface area contributed by atoms with Gasteiger partial charge in [-0.25, -0.2) is 4.98 Å². The second kappa shape index (κ2) is 10.2. The smallest absolute Gasteiger partial charge is 0.261 e. The molecule has 172 valence electrons. The average molecular weight is 467 g/mol. The van der Waals surface area contributed by atoms with Crippen LogP contribution in [0.15, 0.2) is 53.2 Å². The Morgan fingerprint density at radius 2 is 2.03 bits per heavy atom. The predicted octanol–water partition coefficient (Wildman–Crippen LogP) is 2.24. The number of piperazine rings is 1. The molecular weight excluding hydrogens is 440 g/mol. The van der Waals surface area contributed by atoms with Crippen molar-refractivity contribution in [3.05, 3.63) is 54.6 Å². The molecule has 0 bridgehead atoms. The van der Waals surface area contributed by atoms with Crippen LogP contribution in [0.2, 0.25) is 0 Å². The zero-order chi connectivity index (χ0) is 22.5. The number of amides is 1. The quantitative estimate of drug-likeness (QED) is 0.587. The molecule has 2 fully saturated rings. The first-order chi connectivity index (χ1) is 16.3. The number of pyridine rings is 1. The van der Waals surface area contributed by atoms with Crippen molar-refractivity contribution >= 4 is 23.5 Å². The van der Waals surface area contributed by atoms with Gasteiger partial charge in [-0.15, -0.1) is 0 Å². The number of para-hydroxylation sites is 1. The van der Waals surface area contributed by atoms with Gasteiger partial charge in [-0.05, 0) is 24.3 Å². The SMILES string of the molecule is O=C(COc1ccccc1)N1CCNCC1c1nc(-c2ccnc(N3CCSCC3)c2)no1. The normalized spacial score (nSPS) is 18.8. The fourth-order valence-electron chi connectivity index (χ4n) is 3.98. The van der Waals surface area contributed by atoms with Crippen LogP contribution >= 0.6 is 11.8 Å². The number of ether oxygens (including phenoxy) is 1. The molecule has 10 heteroatoms. The summed E-state index contributed by atoms with van der Waals surface area (Å²) >= 11 is 1.96. The van der Waals surface area contributed by atoms with Crippen LogP contribution in [0.1, 0.15) is 11.9 Å². The number of nitrogens with one attached hydrogen (secondary N) is 1. The van der Waals surface area contributed by atoms with Gasteiger partial charge in [-0.1, -0.05) is 23.4 Å². The summed E-state index contributed by atoms with van der Waals surface area (Å²) in [6.45, 7) is 3.72. The third-order valence-electron chi connectivity index (χ3n) is 5.73. The number of carbonyl (C=O) groups excluding carboxylic acids is 1. The molecule has 2 aliphatic rings. The lowest BCUT2D eigenvalue weighted by Gasteiger charge is -2.33. The third-order valence-corrected chi connectivity index (χ3v) is 6.68. The summed E-state index contributed by atoms with van der Waals surface area (Å²) in [6.07, 6.45) is 1.78. The van der Waals surface area contributed by atoms with E-state index in [0.29, 0.717) is 37.1 Å². The number of hydrogen-bond acceptors (Lipinski definition) is 9. The van der Waals surface area contributed by atoms with Crippen LogP contribution < -0.4 is 15.0 Å². The van der Waals surface area contributed by atoms with E-state index < -0.39 is 0 Å². The van der Waals surface area contributed by atoms with Gasteiger partial charge in [-0.2, -0.15) is 16.7 Å². The number of thioether (sulfide) groups is 1. The van der Waals surface area contributed by atoms with Crippen LogP contribution in [0, 0.1) is 0 Å². The first kappa shape index (κ1) is 21.7. The minimum Gasteiger partial charge on any atom is -0.484 e. The molecule has 1 unspecified atom stereocenters. The Morgan fingerprint density at radius 3 is 2.88 bits per heavy atom. The number of aromatic nitrogens is 3. The predicted molar refractivity (Wildman–Crippen MR) is 126 cm³/mol. The summed E-state index contributed by atoms with van der Waals surface area (Å²) in [7, 11) is 0. The first-order valence-electron chi connectivity index (χ1n) is 11.1. The van der Waals surface area contributed by atoms with Crippen LogP contribution in [0.3, 0.4) is 0 Å². The van der Waals surface area contributed by atoms with Gasteiger partial charge in [0, 0.05) is 56.0 Å². The Balaban J connectivity index is 1.30. The first-order valence-corrected chi connectivity index (χ1v) is 12.2. The summed E-state index contributed by atoms with van der Waals surface area (Å²) < 4.78 is 11.3. The molecule has 0 aliphatic carbocycles. The van der Waals surface area contributed by atoms with Crippen molar-refractivity contribution < 1.29 is 14.1 Å². The van der Waals surface area contributed by atoms with Crippen molar-refractivity contribution in [3.8, 4) is 17.1 Å². The summed E-state index contributed by atoms with van der Waals surface area (Å²) in [5.74, 6) is 4.60. The third kappa shape index (κ3) is 5.12. The molecule has 1 N–H and O–H groups in total. The Labute approximate surface area is 196 Å². The molecule has 33 heavy (non-hydrogen) atoms. The number of hydrogen-bond donors (Lipinski definition) is 1. The molecule has 2 aromatic heterocycles. The van der Waals surface area contributed by atoms with Crippen molar-refractivity contribution in [1.82, 2.24) is 25.3 Å². The summed E-state index contributed by atoms with van der Waals surface area (Å²) in [4.78, 5) is 26.1. The number of benzene rings is 1. The van der Waals surface area contributed by atoms with Crippen molar-refractivity contribution in [2.45, 2.75) is 6.04 Å². The lowest BCUT2D eigenvalue weighted by Crippen LogP contribution is -2.50. The van der Waals surface area contributed by atoms with Gasteiger partial charge in [-0.3, -0.25) is 4.79 Å². The highest BCUT2D eigenvalue weighted by atomic mass is 32.2. The summed E-state index contributed by atoms with van der Waals surface area (Å²) in [5.41, 5.74) is 0.849. The van der Waals surface area contributed by atoms with Gasteiger partial charge in [0.25, 0.3) is 11.8 Å². The van der Waals surface area contributed by atoms with E-state index in [1.807, 2.05) is 54.2 Å². The average Bonchev–Trinajstić information content (AvgIpc) is 3.39. The second-order valence-electron chi connectivity index (χ2n) is 7.87. The van der Waals surface area contributed by atoms with E-state index in [-0.39, 0.29) is 18.6 Å². The zero-order valence-electron chi connectivity index (χ0n) is 18.2. The van der Waals surface area contributed by atoms with Gasteiger partial charge in [0.05, 0.1) is 0 Å². The largest absolute Gasteiger partial charge is 0.484 e. The maximum absolute atomic E-state index is 12.9. The number of anilines is 1. The minimum absolute atomic E-state index is 0.0384. The number of nitrogens with zero attached hydrogens (tertiary/aromatic N) is 5. The lowest BCUT2D eigenvalue weighted by molar-refractivity contribution is -0.137. The summed E-state index contributed by atoms with van der Waals surface area (Å²) in [6, 6.07) is 12.9. The van der Waals surface area contributed by atoms with Crippen molar-refractivity contribution in [1.29, 1.82) is 0 Å². The highest BCUT2D eigenvalue weighted by molar-refractivity contribution is 7.99. The van der Waals surface area contributed by atoms with Gasteiger partial charge in [0.2, 0.25) is 5.82 Å². The van der Waals surface area contributed by atoms with Gasteiger partial charge < -0.3 is 24.4 Å². The molecule has 3 aromatic rings. The fraction of sp³-hybridized carbons (Fsp3) is 0.391. The second-order valence-corrected chi connectivity index (χ2v) is 9.09. The fourth-order valence-corrected chi connectivity index (χ4v) is 4.88. The monoisotopic (exact) mass is 466 g/mol. The van der Waals surface area contributed by atoms with E-state index in [4.69, 9.17) is 9.26 Å². The van der Waals surface area contributed by atoms with Crippen molar-refractivity contribution in [3.63, 3.8) is 0 Å². The zero-order valence-corrected chi connectivity index (χ0v) is 19.0. The van der Waals surface area contributed by atoms with Crippen LogP contribution in [0.5, 0.6) is 5.75 Å². The molecule has 0 spiro atoms. The van der Waals surface area contributed by atoms with Crippen molar-refractivity contribution in [2.75, 3.05) is 55.7 Å². The maximum Gasteiger partial charge on any atom is 0.261 e. The number of carbonyl (C=O) groups is 1. The highest BCUT2D eigenvalue weighted by Crippen LogP contribution is 2.26. The summed E-state index contributed by atoms with van der Waals surface area (Å²) in [5, 5.41) is 7.51. The molecule has 1 amide bonds. The Hall–Kier alpha value is -3.11. The van der Waals surface area contributed by atoms with Crippen LogP contribution in [-0.4, -0.2) is 76.8 Å². The van der Waals surface area contributed by atoms with E-state index in [1.54, 1.807) is 11.1 Å². The molecular formula is C23H26N6O3S. The van der Waals surface area contributed by atoms with Gasteiger partial charge in [0.15, 0.2) is 6.61 Å². The van der Waals surface area contributed by atoms with Crippen molar-refractivity contribution in [2.24, 2.45) is 0 Å². The standard InChI is InChI=1S/C23H26N6O3S/c30-21(16-31-18-4-2-1-3-5-18)29-9-8-24-15-19(29)23-26-22(27-32-23)17-6-7-25-20(14-17)28-10-12-33-13-11-28/h1-7,14,19,24H,8-13,15-16H2. The van der Waals surface area contributed by atoms with Crippen LogP contribution in [0.25, 0.3) is 11.4 Å². The molecule has 2 aliphatic heterocycles. The van der Waals surface area contributed by atoms with Crippen LogP contribution in [-0.2, 0) is 4.79 Å². The van der Waals surface area contributed by atoms with E-state index >= 15 is 0 Å². The molecule has 0 radical (unpaired) electrons. The lowest BCUT2D eigenvalue weighted by atomic mass is 10.2. The molecule has 5 rings (SSSR count). The van der Waals surface area contributed by atoms with Crippen LogP contribution in [0.4, 0.5) is 5.82 Å². The highest BCUT2D eigenvalue weighted by Gasteiger charge is 2.32. The Bertz CT molecular complexity index is 1070. The topological polar surface area (TPSA) is 96.6 Å². The molecule has 9 nitrogen and oxygen atoms in total. The molecule has 1 atom stereocenters. The molecule has 0 saturated carbocycles. The molecule has 2 saturated heterocycles. The molecule has 4 heterocycles. The number of rotatable bonds is 6. The minimum atomic E-state index is -0.340.